The lowest BCUT2D eigenvalue weighted by atomic mass is 10.1. The number of amides is 1. The number of hydrogen-bond acceptors (Lipinski definition) is 4. The van der Waals surface area contributed by atoms with Gasteiger partial charge in [-0.2, -0.15) is 0 Å². The van der Waals surface area contributed by atoms with Crippen LogP contribution in [0.2, 0.25) is 0 Å². The van der Waals surface area contributed by atoms with E-state index in [1.165, 1.54) is 5.56 Å². The third-order valence-electron chi connectivity index (χ3n) is 3.55. The summed E-state index contributed by atoms with van der Waals surface area (Å²) in [6.07, 6.45) is 0.308. The van der Waals surface area contributed by atoms with Gasteiger partial charge in [-0.3, -0.25) is 9.69 Å². The minimum atomic E-state index is 0.0184. The summed E-state index contributed by atoms with van der Waals surface area (Å²) in [7, 11) is 1.77. The first kappa shape index (κ1) is 15.9. The predicted molar refractivity (Wildman–Crippen MR) is 82.9 cm³/mol. The maximum atomic E-state index is 11.5. The molecular weight excluding hydrogens is 266 g/mol. The molecular formula is C16H25N3O2. The summed E-state index contributed by atoms with van der Waals surface area (Å²) in [5.74, 6) is 0.0184. The molecule has 0 bridgehead atoms. The van der Waals surface area contributed by atoms with Crippen molar-refractivity contribution in [1.82, 2.24) is 15.5 Å². The number of rotatable bonds is 6. The van der Waals surface area contributed by atoms with Gasteiger partial charge in [-0.05, 0) is 25.1 Å². The average Bonchev–Trinajstić information content (AvgIpc) is 2.46. The van der Waals surface area contributed by atoms with Gasteiger partial charge in [-0.15, -0.1) is 0 Å². The van der Waals surface area contributed by atoms with Crippen molar-refractivity contribution >= 4 is 5.91 Å². The highest BCUT2D eigenvalue weighted by Gasteiger charge is 2.16. The zero-order valence-electron chi connectivity index (χ0n) is 12.9. The first-order valence-electron chi connectivity index (χ1n) is 7.50. The second kappa shape index (κ2) is 8.12. The molecule has 2 rings (SSSR count). The number of morpholine rings is 1. The molecule has 21 heavy (non-hydrogen) atoms. The fraction of sp³-hybridized carbons (Fsp3) is 0.562. The maximum absolute atomic E-state index is 11.5. The second-order valence-corrected chi connectivity index (χ2v) is 5.54. The molecule has 2 N–H and O–H groups in total. The van der Waals surface area contributed by atoms with Crippen molar-refractivity contribution in [3.05, 3.63) is 35.4 Å². The summed E-state index contributed by atoms with van der Waals surface area (Å²) < 4.78 is 5.56. The van der Waals surface area contributed by atoms with E-state index in [1.54, 1.807) is 7.05 Å². The molecule has 1 atom stereocenters. The van der Waals surface area contributed by atoms with Crippen LogP contribution < -0.4 is 10.6 Å². The SMILES string of the molecule is CNCC(=O)NCc1cccc(CN2CCOC(C)C2)c1. The van der Waals surface area contributed by atoms with E-state index in [9.17, 15) is 4.79 Å². The van der Waals surface area contributed by atoms with Crippen LogP contribution in [0.5, 0.6) is 0 Å². The highest BCUT2D eigenvalue weighted by atomic mass is 16.5. The first-order valence-corrected chi connectivity index (χ1v) is 7.50. The Balaban J connectivity index is 1.86. The van der Waals surface area contributed by atoms with Gasteiger partial charge in [-0.25, -0.2) is 0 Å². The van der Waals surface area contributed by atoms with Crippen LogP contribution in [-0.4, -0.2) is 50.2 Å². The summed E-state index contributed by atoms with van der Waals surface area (Å²) in [4.78, 5) is 13.9. The number of nitrogens with one attached hydrogen (secondary N) is 2. The standard InChI is InChI=1S/C16H25N3O2/c1-13-11-19(6-7-21-13)12-15-5-3-4-14(8-15)9-18-16(20)10-17-2/h3-5,8,13,17H,6-7,9-12H2,1-2H3,(H,18,20). The lowest BCUT2D eigenvalue weighted by Crippen LogP contribution is -2.40. The third kappa shape index (κ3) is 5.46. The summed E-state index contributed by atoms with van der Waals surface area (Å²) in [5, 5.41) is 5.75. The fourth-order valence-corrected chi connectivity index (χ4v) is 2.55. The number of ether oxygens (including phenoxy) is 1. The second-order valence-electron chi connectivity index (χ2n) is 5.54. The molecule has 0 aromatic heterocycles. The van der Waals surface area contributed by atoms with Gasteiger partial charge in [0.1, 0.15) is 0 Å². The molecule has 1 amide bonds. The van der Waals surface area contributed by atoms with Crippen LogP contribution in [0.4, 0.5) is 0 Å². The third-order valence-corrected chi connectivity index (χ3v) is 3.55. The van der Waals surface area contributed by atoms with E-state index in [0.717, 1.165) is 31.8 Å². The van der Waals surface area contributed by atoms with E-state index >= 15 is 0 Å². The Labute approximate surface area is 126 Å². The van der Waals surface area contributed by atoms with Crippen molar-refractivity contribution < 1.29 is 9.53 Å². The Bertz CT molecular complexity index is 465. The van der Waals surface area contributed by atoms with Gasteiger partial charge in [-0.1, -0.05) is 24.3 Å². The van der Waals surface area contributed by atoms with Crippen molar-refractivity contribution in [3.63, 3.8) is 0 Å². The van der Waals surface area contributed by atoms with Crippen LogP contribution in [-0.2, 0) is 22.6 Å². The van der Waals surface area contributed by atoms with Crippen LogP contribution in [0.25, 0.3) is 0 Å². The topological polar surface area (TPSA) is 53.6 Å². The summed E-state index contributed by atoms with van der Waals surface area (Å²) in [6, 6.07) is 8.41. The van der Waals surface area contributed by atoms with E-state index in [0.29, 0.717) is 19.2 Å². The minimum Gasteiger partial charge on any atom is -0.376 e. The van der Waals surface area contributed by atoms with Crippen molar-refractivity contribution in [2.75, 3.05) is 33.3 Å². The number of likely N-dealkylation sites (N-methyl/N-ethyl adjacent to an activating group) is 1. The van der Waals surface area contributed by atoms with Crippen molar-refractivity contribution in [3.8, 4) is 0 Å². The Hall–Kier alpha value is -1.43. The Morgan fingerprint density at radius 1 is 1.43 bits per heavy atom. The molecule has 0 spiro atoms. The average molecular weight is 291 g/mol. The van der Waals surface area contributed by atoms with E-state index < -0.39 is 0 Å². The molecule has 1 unspecified atom stereocenters. The lowest BCUT2D eigenvalue weighted by Gasteiger charge is -2.31. The molecule has 1 saturated heterocycles. The van der Waals surface area contributed by atoms with Gasteiger partial charge < -0.3 is 15.4 Å². The number of nitrogens with zero attached hydrogens (tertiary/aromatic N) is 1. The molecule has 116 valence electrons. The van der Waals surface area contributed by atoms with Crippen molar-refractivity contribution in [2.24, 2.45) is 0 Å². The Morgan fingerprint density at radius 2 is 2.24 bits per heavy atom. The quantitative estimate of drug-likeness (QED) is 0.812. The molecule has 1 aliphatic rings. The summed E-state index contributed by atoms with van der Waals surface area (Å²) in [5.41, 5.74) is 2.42. The molecule has 1 aromatic rings. The van der Waals surface area contributed by atoms with Crippen LogP contribution in [0, 0.1) is 0 Å². The summed E-state index contributed by atoms with van der Waals surface area (Å²) >= 11 is 0. The molecule has 1 aliphatic heterocycles. The highest BCUT2D eigenvalue weighted by molar-refractivity contribution is 5.77. The number of hydrogen-bond donors (Lipinski definition) is 2. The van der Waals surface area contributed by atoms with Gasteiger partial charge in [0.15, 0.2) is 0 Å². The molecule has 5 heteroatoms. The van der Waals surface area contributed by atoms with E-state index in [1.807, 2.05) is 6.07 Å². The van der Waals surface area contributed by atoms with Gasteiger partial charge in [0.25, 0.3) is 0 Å². The molecule has 5 nitrogen and oxygen atoms in total. The first-order chi connectivity index (χ1) is 10.2. The number of carbonyl (C=O) groups is 1. The smallest absolute Gasteiger partial charge is 0.234 e. The minimum absolute atomic E-state index is 0.0184. The van der Waals surface area contributed by atoms with Crippen LogP contribution in [0.1, 0.15) is 18.1 Å². The van der Waals surface area contributed by atoms with Gasteiger partial charge in [0.2, 0.25) is 5.91 Å². The molecule has 0 saturated carbocycles. The maximum Gasteiger partial charge on any atom is 0.234 e. The number of benzene rings is 1. The summed E-state index contributed by atoms with van der Waals surface area (Å²) in [6.45, 7) is 6.74. The van der Waals surface area contributed by atoms with Gasteiger partial charge >= 0.3 is 0 Å². The molecule has 0 radical (unpaired) electrons. The lowest BCUT2D eigenvalue weighted by molar-refractivity contribution is -0.120. The molecule has 1 fully saturated rings. The van der Waals surface area contributed by atoms with Crippen LogP contribution >= 0.6 is 0 Å². The van der Waals surface area contributed by atoms with Gasteiger partial charge in [0, 0.05) is 26.2 Å². The molecule has 1 aromatic carbocycles. The van der Waals surface area contributed by atoms with Crippen LogP contribution in [0.15, 0.2) is 24.3 Å². The zero-order valence-corrected chi connectivity index (χ0v) is 12.9. The molecule has 1 heterocycles. The largest absolute Gasteiger partial charge is 0.376 e. The van der Waals surface area contributed by atoms with E-state index in [-0.39, 0.29) is 5.91 Å². The predicted octanol–water partition coefficient (Wildman–Crippen LogP) is 0.743. The monoisotopic (exact) mass is 291 g/mol. The molecule has 0 aliphatic carbocycles. The normalized spacial score (nSPS) is 19.4. The Kier molecular flexibility index (Phi) is 6.17. The fourth-order valence-electron chi connectivity index (χ4n) is 2.55. The highest BCUT2D eigenvalue weighted by Crippen LogP contribution is 2.12. The van der Waals surface area contributed by atoms with E-state index in [4.69, 9.17) is 4.74 Å². The van der Waals surface area contributed by atoms with E-state index in [2.05, 4.69) is 40.7 Å². The number of carbonyl (C=O) groups excluding carboxylic acids is 1. The Morgan fingerprint density at radius 3 is 3.00 bits per heavy atom. The van der Waals surface area contributed by atoms with Crippen LogP contribution in [0.3, 0.4) is 0 Å². The van der Waals surface area contributed by atoms with Gasteiger partial charge in [0.05, 0.1) is 19.3 Å². The zero-order chi connectivity index (χ0) is 15.1. The van der Waals surface area contributed by atoms with Crippen molar-refractivity contribution in [1.29, 1.82) is 0 Å². The van der Waals surface area contributed by atoms with Crippen molar-refractivity contribution in [2.45, 2.75) is 26.1 Å².